The van der Waals surface area contributed by atoms with Crippen molar-refractivity contribution >= 4 is 29.0 Å². The molecule has 0 radical (unpaired) electrons. The van der Waals surface area contributed by atoms with E-state index in [4.69, 9.17) is 28.6 Å². The van der Waals surface area contributed by atoms with Gasteiger partial charge in [0.2, 0.25) is 0 Å². The first-order chi connectivity index (χ1) is 6.04. The molecule has 0 aliphatic carbocycles. The van der Waals surface area contributed by atoms with Crippen molar-refractivity contribution in [2.24, 2.45) is 0 Å². The molecule has 0 spiro atoms. The number of hydrogen-bond donors (Lipinski definition) is 1. The van der Waals surface area contributed by atoms with Crippen LogP contribution in [0.4, 0.5) is 0 Å². The second-order valence-electron chi connectivity index (χ2n) is 2.72. The summed E-state index contributed by atoms with van der Waals surface area (Å²) in [6, 6.07) is 0. The Kier molecular flexibility index (Phi) is 3.12. The number of amidine groups is 1. The summed E-state index contributed by atoms with van der Waals surface area (Å²) in [6.07, 6.45) is 2.95. The normalized spacial score (nSPS) is 9.85. The fourth-order valence-electron chi connectivity index (χ4n) is 0.861. The van der Waals surface area contributed by atoms with Crippen LogP contribution < -0.4 is 0 Å². The van der Waals surface area contributed by atoms with Crippen molar-refractivity contribution in [3.8, 4) is 0 Å². The van der Waals surface area contributed by atoms with E-state index in [2.05, 4.69) is 4.98 Å². The monoisotopic (exact) mass is 217 g/mol. The molecule has 13 heavy (non-hydrogen) atoms. The molecule has 0 unspecified atom stereocenters. The maximum atomic E-state index is 7.70. The van der Waals surface area contributed by atoms with E-state index in [1.165, 1.54) is 12.4 Å². The molecule has 5 heteroatoms. The maximum absolute atomic E-state index is 7.70. The molecule has 1 N–H and O–H groups in total. The number of pyridine rings is 1. The average Bonchev–Trinajstić information content (AvgIpc) is 2.03. The van der Waals surface area contributed by atoms with Crippen molar-refractivity contribution in [1.29, 1.82) is 5.41 Å². The molecule has 0 bridgehead atoms. The molecule has 0 aromatic carbocycles. The molecule has 1 aromatic heterocycles. The van der Waals surface area contributed by atoms with Crippen molar-refractivity contribution in [2.75, 3.05) is 14.1 Å². The molecular weight excluding hydrogens is 209 g/mol. The fourth-order valence-corrected chi connectivity index (χ4v) is 1.40. The van der Waals surface area contributed by atoms with Gasteiger partial charge in [-0.3, -0.25) is 10.4 Å². The van der Waals surface area contributed by atoms with E-state index in [0.29, 0.717) is 15.6 Å². The third-order valence-electron chi connectivity index (χ3n) is 1.54. The largest absolute Gasteiger partial charge is 0.363 e. The molecule has 1 heterocycles. The van der Waals surface area contributed by atoms with Crippen LogP contribution in [-0.2, 0) is 0 Å². The van der Waals surface area contributed by atoms with E-state index in [0.717, 1.165) is 0 Å². The smallest absolute Gasteiger partial charge is 0.130 e. The second-order valence-corrected chi connectivity index (χ2v) is 3.54. The van der Waals surface area contributed by atoms with Crippen molar-refractivity contribution in [2.45, 2.75) is 0 Å². The van der Waals surface area contributed by atoms with Crippen LogP contribution in [0.25, 0.3) is 0 Å². The van der Waals surface area contributed by atoms with E-state index in [1.54, 1.807) is 19.0 Å². The fraction of sp³-hybridized carbons (Fsp3) is 0.250. The lowest BCUT2D eigenvalue weighted by molar-refractivity contribution is 0.619. The Balaban J connectivity index is 3.20. The van der Waals surface area contributed by atoms with Gasteiger partial charge in [0.15, 0.2) is 0 Å². The zero-order chi connectivity index (χ0) is 10.0. The first kappa shape index (κ1) is 10.3. The Morgan fingerprint density at radius 2 is 1.77 bits per heavy atom. The summed E-state index contributed by atoms with van der Waals surface area (Å²) in [7, 11) is 3.52. The molecule has 0 aliphatic heterocycles. The van der Waals surface area contributed by atoms with Gasteiger partial charge < -0.3 is 4.90 Å². The van der Waals surface area contributed by atoms with Crippen LogP contribution in [0.5, 0.6) is 0 Å². The van der Waals surface area contributed by atoms with E-state index < -0.39 is 0 Å². The summed E-state index contributed by atoms with van der Waals surface area (Å²) in [5.74, 6) is 0.275. The average molecular weight is 218 g/mol. The first-order valence-corrected chi connectivity index (χ1v) is 4.35. The highest BCUT2D eigenvalue weighted by Crippen LogP contribution is 2.23. The Bertz CT molecular complexity index is 316. The molecule has 0 fully saturated rings. The van der Waals surface area contributed by atoms with Crippen LogP contribution in [0, 0.1) is 5.41 Å². The zero-order valence-electron chi connectivity index (χ0n) is 7.31. The second kappa shape index (κ2) is 3.94. The number of hydrogen-bond acceptors (Lipinski definition) is 2. The quantitative estimate of drug-likeness (QED) is 0.580. The molecule has 1 aromatic rings. The highest BCUT2D eigenvalue weighted by atomic mass is 35.5. The number of rotatable bonds is 1. The summed E-state index contributed by atoms with van der Waals surface area (Å²) in [5.41, 5.74) is 0.517. The SMILES string of the molecule is CN(C)C(=N)c1c(Cl)cncc1Cl. The Hall–Kier alpha value is -0.800. The minimum absolute atomic E-state index is 0.275. The highest BCUT2D eigenvalue weighted by Gasteiger charge is 2.12. The number of aromatic nitrogens is 1. The van der Waals surface area contributed by atoms with Gasteiger partial charge in [0.1, 0.15) is 5.84 Å². The van der Waals surface area contributed by atoms with Gasteiger partial charge in [-0.05, 0) is 0 Å². The van der Waals surface area contributed by atoms with Crippen molar-refractivity contribution in [3.63, 3.8) is 0 Å². The third kappa shape index (κ3) is 2.11. The van der Waals surface area contributed by atoms with Crippen molar-refractivity contribution in [1.82, 2.24) is 9.88 Å². The number of halogens is 2. The minimum Gasteiger partial charge on any atom is -0.363 e. The van der Waals surface area contributed by atoms with Gasteiger partial charge >= 0.3 is 0 Å². The van der Waals surface area contributed by atoms with Gasteiger partial charge in [-0.1, -0.05) is 23.2 Å². The van der Waals surface area contributed by atoms with Crippen LogP contribution in [0.3, 0.4) is 0 Å². The lowest BCUT2D eigenvalue weighted by Crippen LogP contribution is -2.22. The summed E-state index contributed by atoms with van der Waals surface area (Å²) in [5, 5.41) is 8.48. The molecule has 3 nitrogen and oxygen atoms in total. The molecule has 0 atom stereocenters. The highest BCUT2D eigenvalue weighted by molar-refractivity contribution is 6.39. The topological polar surface area (TPSA) is 40.0 Å². The third-order valence-corrected chi connectivity index (χ3v) is 2.11. The minimum atomic E-state index is 0.275. The predicted molar refractivity (Wildman–Crippen MR) is 54.8 cm³/mol. The van der Waals surface area contributed by atoms with Crippen LogP contribution in [0.1, 0.15) is 5.56 Å². The maximum Gasteiger partial charge on any atom is 0.130 e. The first-order valence-electron chi connectivity index (χ1n) is 3.59. The Morgan fingerprint density at radius 1 is 1.31 bits per heavy atom. The predicted octanol–water partition coefficient (Wildman–Crippen LogP) is 2.28. The van der Waals surface area contributed by atoms with Gasteiger partial charge in [0.05, 0.1) is 15.6 Å². The lowest BCUT2D eigenvalue weighted by Gasteiger charge is -2.15. The molecule has 0 aliphatic rings. The molecule has 70 valence electrons. The van der Waals surface area contributed by atoms with E-state index in [9.17, 15) is 0 Å². The van der Waals surface area contributed by atoms with E-state index in [1.807, 2.05) is 0 Å². The Morgan fingerprint density at radius 3 is 2.15 bits per heavy atom. The number of nitrogens with zero attached hydrogens (tertiary/aromatic N) is 2. The molecular formula is C8H9Cl2N3. The summed E-state index contributed by atoms with van der Waals surface area (Å²) < 4.78 is 0. The van der Waals surface area contributed by atoms with Crippen molar-refractivity contribution < 1.29 is 0 Å². The lowest BCUT2D eigenvalue weighted by atomic mass is 10.2. The number of nitrogens with one attached hydrogen (secondary N) is 1. The summed E-state index contributed by atoms with van der Waals surface area (Å²) in [4.78, 5) is 5.44. The van der Waals surface area contributed by atoms with Gasteiger partial charge in [0.25, 0.3) is 0 Å². The van der Waals surface area contributed by atoms with Gasteiger partial charge in [-0.25, -0.2) is 0 Å². The van der Waals surface area contributed by atoms with Gasteiger partial charge in [0, 0.05) is 26.5 Å². The molecule has 0 saturated carbocycles. The molecule has 0 amide bonds. The molecule has 0 saturated heterocycles. The zero-order valence-corrected chi connectivity index (χ0v) is 8.82. The van der Waals surface area contributed by atoms with Crippen molar-refractivity contribution in [3.05, 3.63) is 28.0 Å². The van der Waals surface area contributed by atoms with Crippen LogP contribution in [0.15, 0.2) is 12.4 Å². The van der Waals surface area contributed by atoms with Crippen LogP contribution in [-0.4, -0.2) is 29.8 Å². The summed E-state index contributed by atoms with van der Waals surface area (Å²) in [6.45, 7) is 0. The standard InChI is InChI=1S/C8H9Cl2N3/c1-13(2)8(11)7-5(9)3-12-4-6(7)10/h3-4,11H,1-2H3. The van der Waals surface area contributed by atoms with E-state index in [-0.39, 0.29) is 5.84 Å². The van der Waals surface area contributed by atoms with Gasteiger partial charge in [-0.15, -0.1) is 0 Å². The van der Waals surface area contributed by atoms with Crippen LogP contribution >= 0.6 is 23.2 Å². The van der Waals surface area contributed by atoms with E-state index >= 15 is 0 Å². The Labute approximate surface area is 86.8 Å². The molecule has 1 rings (SSSR count). The summed E-state index contributed by atoms with van der Waals surface area (Å²) >= 11 is 11.7. The van der Waals surface area contributed by atoms with Crippen LogP contribution in [0.2, 0.25) is 10.0 Å². The van der Waals surface area contributed by atoms with Gasteiger partial charge in [-0.2, -0.15) is 0 Å².